The number of ether oxygens (including phenoxy) is 3. The Labute approximate surface area is 244 Å². The van der Waals surface area contributed by atoms with Crippen LogP contribution in [-0.2, 0) is 30.7 Å². The molecule has 0 radical (unpaired) electrons. The van der Waals surface area contributed by atoms with Crippen molar-refractivity contribution in [2.45, 2.75) is 56.1 Å². The second-order valence-electron chi connectivity index (χ2n) is 11.0. The van der Waals surface area contributed by atoms with Crippen molar-refractivity contribution in [2.75, 3.05) is 26.3 Å². The van der Waals surface area contributed by atoms with Crippen LogP contribution in [0.2, 0.25) is 0 Å². The van der Waals surface area contributed by atoms with Gasteiger partial charge in [-0.3, -0.25) is 0 Å². The summed E-state index contributed by atoms with van der Waals surface area (Å²) in [6.07, 6.45) is -1.78. The van der Waals surface area contributed by atoms with Gasteiger partial charge in [0.1, 0.15) is 6.10 Å². The van der Waals surface area contributed by atoms with Crippen LogP contribution in [0.25, 0.3) is 11.4 Å². The van der Waals surface area contributed by atoms with Crippen molar-refractivity contribution in [1.29, 1.82) is 0 Å². The Morgan fingerprint density at radius 3 is 2.60 bits per heavy atom. The maximum absolute atomic E-state index is 13.8. The molecule has 3 heterocycles. The van der Waals surface area contributed by atoms with Crippen molar-refractivity contribution in [3.05, 3.63) is 60.2 Å². The summed E-state index contributed by atoms with van der Waals surface area (Å²) in [4.78, 5) is 13.1. The molecule has 1 aromatic heterocycles. The summed E-state index contributed by atoms with van der Waals surface area (Å²) in [5.41, 5.74) is 1.47. The van der Waals surface area contributed by atoms with Gasteiger partial charge >= 0.3 is 6.09 Å². The Bertz CT molecular complexity index is 1410. The summed E-state index contributed by atoms with van der Waals surface area (Å²) in [5.74, 6) is 0.279. The van der Waals surface area contributed by atoms with E-state index >= 15 is 0 Å². The Balaban J connectivity index is 1.32. The highest BCUT2D eigenvalue weighted by Crippen LogP contribution is 2.33. The van der Waals surface area contributed by atoms with Gasteiger partial charge in [0.15, 0.2) is 6.29 Å². The van der Waals surface area contributed by atoms with Crippen LogP contribution in [0, 0.1) is 11.8 Å². The second kappa shape index (κ2) is 13.3. The number of sulfonamides is 1. The number of nitrogens with one attached hydrogen (secondary N) is 2. The molecule has 3 unspecified atom stereocenters. The first-order valence-corrected chi connectivity index (χ1v) is 15.4. The number of hydrogen-bond acceptors (Lipinski definition) is 10. The van der Waals surface area contributed by atoms with E-state index in [0.717, 1.165) is 12.0 Å². The van der Waals surface area contributed by atoms with Gasteiger partial charge in [-0.15, -0.1) is 10.2 Å². The number of aromatic amines is 1. The van der Waals surface area contributed by atoms with Crippen molar-refractivity contribution < 1.29 is 32.5 Å². The van der Waals surface area contributed by atoms with E-state index in [0.29, 0.717) is 18.0 Å². The molecule has 13 nitrogen and oxygen atoms in total. The Kier molecular flexibility index (Phi) is 9.48. The van der Waals surface area contributed by atoms with Crippen molar-refractivity contribution >= 4 is 16.1 Å². The average Bonchev–Trinajstić information content (AvgIpc) is 3.74. The summed E-state index contributed by atoms with van der Waals surface area (Å²) in [5, 5.41) is 28.0. The molecular weight excluding hydrogens is 564 g/mol. The zero-order valence-corrected chi connectivity index (χ0v) is 24.3. The number of H-pyrrole nitrogens is 1. The topological polar surface area (TPSA) is 169 Å². The molecule has 3 N–H and O–H groups in total. The number of carbonyl (C=O) groups excluding carboxylic acids is 1. The summed E-state index contributed by atoms with van der Waals surface area (Å²) < 4.78 is 45.5. The highest BCUT2D eigenvalue weighted by Gasteiger charge is 2.44. The zero-order valence-electron chi connectivity index (χ0n) is 23.5. The second-order valence-corrected chi connectivity index (χ2v) is 12.9. The molecule has 0 saturated carbocycles. The number of nitrogens with zero attached hydrogens (tertiary/aromatic N) is 4. The third kappa shape index (κ3) is 7.13. The molecular formula is C28H36N6O7S. The first-order valence-electron chi connectivity index (χ1n) is 14.0. The third-order valence-corrected chi connectivity index (χ3v) is 9.21. The first kappa shape index (κ1) is 30.0. The number of alkyl carbamates (subject to hydrolysis) is 1. The molecule has 226 valence electrons. The summed E-state index contributed by atoms with van der Waals surface area (Å²) in [6, 6.07) is 14.7. The number of amides is 1. The lowest BCUT2D eigenvalue weighted by atomic mass is 10.0. The first-order chi connectivity index (χ1) is 20.2. The Morgan fingerprint density at radius 1 is 1.14 bits per heavy atom. The number of carbonyl (C=O) groups is 1. The van der Waals surface area contributed by atoms with Gasteiger partial charge in [-0.25, -0.2) is 13.2 Å². The van der Waals surface area contributed by atoms with Gasteiger partial charge in [0.2, 0.25) is 15.8 Å². The largest absolute Gasteiger partial charge is 0.443 e. The Hall–Kier alpha value is -3.43. The molecule has 0 bridgehead atoms. The molecule has 2 saturated heterocycles. The van der Waals surface area contributed by atoms with Crippen LogP contribution >= 0.6 is 0 Å². The number of rotatable bonds is 12. The van der Waals surface area contributed by atoms with E-state index in [9.17, 15) is 18.3 Å². The predicted molar refractivity (Wildman–Crippen MR) is 150 cm³/mol. The smallest absolute Gasteiger partial charge is 0.407 e. The molecule has 2 aliphatic rings. The Morgan fingerprint density at radius 2 is 1.90 bits per heavy atom. The number of aliphatic hydroxyl groups is 1. The molecule has 14 heteroatoms. The van der Waals surface area contributed by atoms with Gasteiger partial charge in [-0.1, -0.05) is 44.2 Å². The van der Waals surface area contributed by atoms with Gasteiger partial charge in [0, 0.05) is 18.7 Å². The molecule has 2 aliphatic heterocycles. The molecule has 42 heavy (non-hydrogen) atoms. The van der Waals surface area contributed by atoms with Gasteiger partial charge < -0.3 is 24.6 Å². The minimum atomic E-state index is -4.01. The minimum absolute atomic E-state index is 0.0278. The van der Waals surface area contributed by atoms with Crippen molar-refractivity contribution in [1.82, 2.24) is 30.2 Å². The van der Waals surface area contributed by atoms with Gasteiger partial charge in [-0.2, -0.15) is 9.52 Å². The van der Waals surface area contributed by atoms with Gasteiger partial charge in [0.25, 0.3) is 0 Å². The molecule has 5 atom stereocenters. The average molecular weight is 601 g/mol. The molecule has 2 fully saturated rings. The lowest BCUT2D eigenvalue weighted by Crippen LogP contribution is -2.51. The van der Waals surface area contributed by atoms with E-state index < -0.39 is 34.4 Å². The van der Waals surface area contributed by atoms with Crippen molar-refractivity contribution in [3.8, 4) is 11.4 Å². The van der Waals surface area contributed by atoms with Crippen LogP contribution in [-0.4, -0.2) is 95.4 Å². The van der Waals surface area contributed by atoms with E-state index in [4.69, 9.17) is 14.2 Å². The fourth-order valence-corrected chi connectivity index (χ4v) is 6.87. The van der Waals surface area contributed by atoms with Crippen molar-refractivity contribution in [2.24, 2.45) is 11.8 Å². The fraction of sp³-hybridized carbons (Fsp3) is 0.500. The molecule has 0 aliphatic carbocycles. The molecule has 0 spiro atoms. The summed E-state index contributed by atoms with van der Waals surface area (Å²) >= 11 is 0. The summed E-state index contributed by atoms with van der Waals surface area (Å²) in [6.45, 7) is 4.50. The van der Waals surface area contributed by atoms with Crippen LogP contribution < -0.4 is 5.32 Å². The lowest BCUT2D eigenvalue weighted by molar-refractivity contribution is -0.0907. The highest BCUT2D eigenvalue weighted by molar-refractivity contribution is 7.89. The number of aliphatic hydroxyl groups excluding tert-OH is 1. The van der Waals surface area contributed by atoms with Crippen LogP contribution in [0.1, 0.15) is 25.8 Å². The number of aromatic nitrogens is 4. The fourth-order valence-electron chi connectivity index (χ4n) is 5.24. The lowest BCUT2D eigenvalue weighted by Gasteiger charge is -2.31. The van der Waals surface area contributed by atoms with Crippen LogP contribution in [0.5, 0.6) is 0 Å². The van der Waals surface area contributed by atoms with Crippen LogP contribution in [0.15, 0.2) is 59.5 Å². The molecule has 2 aromatic carbocycles. The SMILES string of the molecule is CC(C)CN(C[C@@H](O)[C@H](Cc1ccccc1)NC(=O)OC1COC2OCCC12)S(=O)(=O)c1ccc(-c2nn[nH]n2)cc1. The highest BCUT2D eigenvalue weighted by atomic mass is 32.2. The molecule has 5 rings (SSSR count). The maximum atomic E-state index is 13.8. The normalized spacial score (nSPS) is 21.8. The van der Waals surface area contributed by atoms with Crippen LogP contribution in [0.4, 0.5) is 4.79 Å². The third-order valence-electron chi connectivity index (χ3n) is 7.36. The zero-order chi connectivity index (χ0) is 29.7. The van der Waals surface area contributed by atoms with E-state index in [1.807, 2.05) is 44.2 Å². The summed E-state index contributed by atoms with van der Waals surface area (Å²) in [7, 11) is -4.01. The number of tetrazole rings is 1. The molecule has 3 aromatic rings. The quantitative estimate of drug-likeness (QED) is 0.279. The van der Waals surface area contributed by atoms with E-state index in [1.165, 1.54) is 16.4 Å². The number of benzene rings is 2. The maximum Gasteiger partial charge on any atom is 0.407 e. The van der Waals surface area contributed by atoms with E-state index in [1.54, 1.807) is 12.1 Å². The standard InChI is InChI=1S/C28H36N6O7S/c1-18(2)15-34(42(37,38)21-10-8-20(9-11-21)26-30-32-33-31-26)16-24(35)23(14-19-6-4-3-5-7-19)29-28(36)41-25-17-40-27-22(25)12-13-39-27/h3-11,18,22-25,27,35H,12-17H2,1-2H3,(H,29,36)(H,30,31,32,33)/t22?,23-,24+,25?,27?/m0/s1. The van der Waals surface area contributed by atoms with Crippen LogP contribution in [0.3, 0.4) is 0 Å². The number of fused-ring (bicyclic) bond motifs is 1. The number of hydrogen-bond donors (Lipinski definition) is 3. The van der Waals surface area contributed by atoms with Gasteiger partial charge in [0.05, 0.1) is 36.2 Å². The van der Waals surface area contributed by atoms with Gasteiger partial charge in [-0.05, 0) is 53.8 Å². The van der Waals surface area contributed by atoms with Crippen molar-refractivity contribution in [3.63, 3.8) is 0 Å². The molecule has 1 amide bonds. The monoisotopic (exact) mass is 600 g/mol. The van der Waals surface area contributed by atoms with E-state index in [-0.39, 0.29) is 49.1 Å². The predicted octanol–water partition coefficient (Wildman–Crippen LogP) is 1.97. The minimum Gasteiger partial charge on any atom is -0.443 e. The van der Waals surface area contributed by atoms with E-state index in [2.05, 4.69) is 25.9 Å².